The number of nitrogens with zero attached hydrogens (tertiary/aromatic N) is 1. The topological polar surface area (TPSA) is 36.8 Å². The van der Waals surface area contributed by atoms with Gasteiger partial charge < -0.3 is 15.1 Å². The predicted octanol–water partition coefficient (Wildman–Crippen LogP) is 2.48. The van der Waals surface area contributed by atoms with Gasteiger partial charge in [-0.3, -0.25) is 4.79 Å². The zero-order chi connectivity index (χ0) is 17.8. The van der Waals surface area contributed by atoms with Crippen LogP contribution in [0.3, 0.4) is 0 Å². The van der Waals surface area contributed by atoms with Crippen LogP contribution in [-0.4, -0.2) is 38.6 Å². The molecule has 132 valence electrons. The summed E-state index contributed by atoms with van der Waals surface area (Å²) in [5.74, 6) is -0.306. The Morgan fingerprint density at radius 2 is 1.80 bits per heavy atom. The molecule has 2 aromatic rings. The van der Waals surface area contributed by atoms with Crippen LogP contribution in [0.2, 0.25) is 10.0 Å². The molecule has 2 N–H and O–H groups in total. The molecule has 0 radical (unpaired) electrons. The summed E-state index contributed by atoms with van der Waals surface area (Å²) in [6.45, 7) is 3.74. The van der Waals surface area contributed by atoms with Crippen LogP contribution >= 0.6 is 23.2 Å². The maximum absolute atomic E-state index is 13.0. The van der Waals surface area contributed by atoms with Crippen LogP contribution in [0, 0.1) is 5.82 Å². The number of piperazine rings is 1. The molecular weight excluding hydrogens is 364 g/mol. The maximum atomic E-state index is 13.0. The lowest BCUT2D eigenvalue weighted by Gasteiger charge is -2.33. The molecule has 0 saturated carbocycles. The summed E-state index contributed by atoms with van der Waals surface area (Å²) in [6, 6.07) is 11.5. The summed E-state index contributed by atoms with van der Waals surface area (Å²) in [5.41, 5.74) is 1.58. The lowest BCUT2D eigenvalue weighted by atomic mass is 10.2. The van der Waals surface area contributed by atoms with E-state index in [4.69, 9.17) is 23.2 Å². The van der Waals surface area contributed by atoms with Crippen molar-refractivity contribution in [2.45, 2.75) is 0 Å². The van der Waals surface area contributed by atoms with Gasteiger partial charge in [-0.05, 0) is 42.5 Å². The molecule has 1 saturated heterocycles. The van der Waals surface area contributed by atoms with Crippen LogP contribution in [0.1, 0.15) is 0 Å². The molecule has 25 heavy (non-hydrogen) atoms. The monoisotopic (exact) mass is 382 g/mol. The van der Waals surface area contributed by atoms with E-state index in [2.05, 4.69) is 10.2 Å². The van der Waals surface area contributed by atoms with Crippen molar-refractivity contribution in [2.75, 3.05) is 42.9 Å². The average molecular weight is 383 g/mol. The number of amides is 1. The fourth-order valence-electron chi connectivity index (χ4n) is 2.92. The number of rotatable bonds is 4. The van der Waals surface area contributed by atoms with Crippen molar-refractivity contribution < 1.29 is 14.1 Å². The van der Waals surface area contributed by atoms with Crippen molar-refractivity contribution in [1.82, 2.24) is 0 Å². The van der Waals surface area contributed by atoms with Crippen LogP contribution in [0.15, 0.2) is 42.5 Å². The number of carbonyl (C=O) groups is 1. The number of quaternary nitrogens is 1. The fourth-order valence-corrected chi connectivity index (χ4v) is 3.38. The second kappa shape index (κ2) is 8.04. The molecule has 0 aliphatic carbocycles. The molecule has 0 bridgehead atoms. The van der Waals surface area contributed by atoms with Crippen molar-refractivity contribution in [3.63, 3.8) is 0 Å². The Kier molecular flexibility index (Phi) is 5.78. The second-order valence-electron chi connectivity index (χ2n) is 6.06. The first-order valence-corrected chi connectivity index (χ1v) is 8.86. The minimum Gasteiger partial charge on any atom is -0.360 e. The van der Waals surface area contributed by atoms with Gasteiger partial charge in [0, 0.05) is 10.7 Å². The lowest BCUT2D eigenvalue weighted by Crippen LogP contribution is -3.15. The molecular formula is C18H19Cl2FN3O+. The van der Waals surface area contributed by atoms with Gasteiger partial charge in [0.25, 0.3) is 5.91 Å². The number of hydrogen-bond acceptors (Lipinski definition) is 2. The third-order valence-electron chi connectivity index (χ3n) is 4.28. The van der Waals surface area contributed by atoms with Gasteiger partial charge in [-0.15, -0.1) is 0 Å². The number of hydrogen-bond donors (Lipinski definition) is 2. The van der Waals surface area contributed by atoms with Crippen LogP contribution in [0.25, 0.3) is 0 Å². The van der Waals surface area contributed by atoms with E-state index < -0.39 is 0 Å². The van der Waals surface area contributed by atoms with Gasteiger partial charge in [-0.2, -0.15) is 0 Å². The van der Waals surface area contributed by atoms with Gasteiger partial charge in [0.05, 0.1) is 36.9 Å². The SMILES string of the molecule is O=C(C[NH+]1CCN(c2ccc(F)cc2)CC1)Nc1ccc(Cl)cc1Cl. The van der Waals surface area contributed by atoms with Crippen LogP contribution in [-0.2, 0) is 4.79 Å². The average Bonchev–Trinajstić information content (AvgIpc) is 2.59. The van der Waals surface area contributed by atoms with E-state index in [0.717, 1.165) is 31.9 Å². The Bertz CT molecular complexity index is 746. The summed E-state index contributed by atoms with van der Waals surface area (Å²) in [4.78, 5) is 15.6. The predicted molar refractivity (Wildman–Crippen MR) is 99.3 cm³/mol. The number of anilines is 2. The maximum Gasteiger partial charge on any atom is 0.279 e. The van der Waals surface area contributed by atoms with E-state index in [1.165, 1.54) is 17.0 Å². The third-order valence-corrected chi connectivity index (χ3v) is 4.83. The Hall–Kier alpha value is -1.82. The highest BCUT2D eigenvalue weighted by atomic mass is 35.5. The Morgan fingerprint density at radius 3 is 2.44 bits per heavy atom. The highest BCUT2D eigenvalue weighted by Gasteiger charge is 2.22. The zero-order valence-electron chi connectivity index (χ0n) is 13.6. The molecule has 4 nitrogen and oxygen atoms in total. The summed E-state index contributed by atoms with van der Waals surface area (Å²) in [5, 5.41) is 3.79. The normalized spacial score (nSPS) is 15.2. The molecule has 2 aromatic carbocycles. The molecule has 0 aromatic heterocycles. The van der Waals surface area contributed by atoms with Gasteiger partial charge in [-0.1, -0.05) is 23.2 Å². The van der Waals surface area contributed by atoms with E-state index in [0.29, 0.717) is 22.3 Å². The lowest BCUT2D eigenvalue weighted by molar-refractivity contribution is -0.892. The molecule has 7 heteroatoms. The quantitative estimate of drug-likeness (QED) is 0.851. The third kappa shape index (κ3) is 4.84. The minimum absolute atomic E-state index is 0.0746. The van der Waals surface area contributed by atoms with E-state index >= 15 is 0 Å². The summed E-state index contributed by atoms with van der Waals surface area (Å²) >= 11 is 11.9. The summed E-state index contributed by atoms with van der Waals surface area (Å²) in [7, 11) is 0. The molecule has 1 aliphatic heterocycles. The molecule has 0 unspecified atom stereocenters. The molecule has 1 amide bonds. The second-order valence-corrected chi connectivity index (χ2v) is 6.91. The van der Waals surface area contributed by atoms with Crippen molar-refractivity contribution in [1.29, 1.82) is 0 Å². The Morgan fingerprint density at radius 1 is 1.12 bits per heavy atom. The van der Waals surface area contributed by atoms with E-state index in [1.54, 1.807) is 30.3 Å². The highest BCUT2D eigenvalue weighted by molar-refractivity contribution is 6.36. The largest absolute Gasteiger partial charge is 0.360 e. The first kappa shape index (κ1) is 18.0. The number of carbonyl (C=O) groups excluding carboxylic acids is 1. The number of nitrogens with one attached hydrogen (secondary N) is 2. The van der Waals surface area contributed by atoms with Crippen molar-refractivity contribution in [3.05, 3.63) is 58.3 Å². The number of halogens is 3. The standard InChI is InChI=1S/C18H18Cl2FN3O/c19-13-1-6-17(16(20)11-13)22-18(25)12-23-7-9-24(10-8-23)15-4-2-14(21)3-5-15/h1-6,11H,7-10,12H2,(H,22,25)/p+1. The summed E-state index contributed by atoms with van der Waals surface area (Å²) < 4.78 is 13.0. The highest BCUT2D eigenvalue weighted by Crippen LogP contribution is 2.25. The first-order valence-electron chi connectivity index (χ1n) is 8.10. The van der Waals surface area contributed by atoms with Crippen molar-refractivity contribution in [3.8, 4) is 0 Å². The van der Waals surface area contributed by atoms with Crippen LogP contribution in [0.5, 0.6) is 0 Å². The van der Waals surface area contributed by atoms with Gasteiger partial charge in [0.2, 0.25) is 0 Å². The van der Waals surface area contributed by atoms with Crippen LogP contribution in [0.4, 0.5) is 15.8 Å². The van der Waals surface area contributed by atoms with E-state index in [9.17, 15) is 9.18 Å². The molecule has 1 fully saturated rings. The molecule has 3 rings (SSSR count). The van der Waals surface area contributed by atoms with E-state index in [-0.39, 0.29) is 11.7 Å². The Balaban J connectivity index is 1.50. The minimum atomic E-state index is -0.231. The van der Waals surface area contributed by atoms with Gasteiger partial charge in [0.15, 0.2) is 6.54 Å². The van der Waals surface area contributed by atoms with Gasteiger partial charge in [-0.25, -0.2) is 4.39 Å². The molecule has 1 aliphatic rings. The fraction of sp³-hybridized carbons (Fsp3) is 0.278. The number of benzene rings is 2. The van der Waals surface area contributed by atoms with Gasteiger partial charge >= 0.3 is 0 Å². The van der Waals surface area contributed by atoms with Gasteiger partial charge in [0.1, 0.15) is 5.82 Å². The van der Waals surface area contributed by atoms with Crippen LogP contribution < -0.4 is 15.1 Å². The smallest absolute Gasteiger partial charge is 0.279 e. The van der Waals surface area contributed by atoms with E-state index in [1.807, 2.05) is 0 Å². The molecule has 1 heterocycles. The zero-order valence-corrected chi connectivity index (χ0v) is 15.1. The Labute approximate surface area is 156 Å². The molecule has 0 spiro atoms. The molecule has 0 atom stereocenters. The summed E-state index contributed by atoms with van der Waals surface area (Å²) in [6.07, 6.45) is 0. The first-order chi connectivity index (χ1) is 12.0. The van der Waals surface area contributed by atoms with Crippen molar-refractivity contribution >= 4 is 40.5 Å². The van der Waals surface area contributed by atoms with Crippen molar-refractivity contribution in [2.24, 2.45) is 0 Å².